The Hall–Kier alpha value is -0.260. The number of hydrogen-bond acceptors (Lipinski definition) is 1. The van der Waals surface area contributed by atoms with Crippen molar-refractivity contribution >= 4 is 55.8 Å². The van der Waals surface area contributed by atoms with Crippen LogP contribution in [-0.2, 0) is 6.54 Å². The van der Waals surface area contributed by atoms with Crippen molar-refractivity contribution in [1.82, 2.24) is 0 Å². The summed E-state index contributed by atoms with van der Waals surface area (Å²) in [4.78, 5) is 0. The summed E-state index contributed by atoms with van der Waals surface area (Å²) in [6, 6.07) is 12.1. The second-order valence-corrected chi connectivity index (χ2v) is 6.45. The molecule has 2 aromatic rings. The van der Waals surface area contributed by atoms with Crippen molar-refractivity contribution in [2.75, 3.05) is 5.32 Å². The molecule has 2 aromatic carbocycles. The van der Waals surface area contributed by atoms with Gasteiger partial charge in [-0.1, -0.05) is 33.6 Å². The highest BCUT2D eigenvalue weighted by atomic mass is 127. The maximum absolute atomic E-state index is 6.01. The summed E-state index contributed by atoms with van der Waals surface area (Å²) in [5.41, 5.74) is 3.59. The van der Waals surface area contributed by atoms with Crippen LogP contribution >= 0.6 is 50.1 Å². The molecule has 0 heterocycles. The highest BCUT2D eigenvalue weighted by Crippen LogP contribution is 2.24. The Kier molecular flexibility index (Phi) is 4.92. The number of halogens is 3. The summed E-state index contributed by atoms with van der Waals surface area (Å²) in [6.07, 6.45) is 0. The predicted octanol–water partition coefficient (Wildman–Crippen LogP) is 5.63. The van der Waals surface area contributed by atoms with Gasteiger partial charge in [-0.15, -0.1) is 0 Å². The van der Waals surface area contributed by atoms with E-state index in [0.29, 0.717) is 0 Å². The van der Waals surface area contributed by atoms with Crippen molar-refractivity contribution < 1.29 is 0 Å². The van der Waals surface area contributed by atoms with Crippen LogP contribution in [0.3, 0.4) is 0 Å². The first-order chi connectivity index (χ1) is 8.58. The van der Waals surface area contributed by atoms with E-state index in [0.717, 1.165) is 27.3 Å². The molecule has 94 valence electrons. The lowest BCUT2D eigenvalue weighted by molar-refractivity contribution is 1.13. The summed E-state index contributed by atoms with van der Waals surface area (Å²) < 4.78 is 2.34. The van der Waals surface area contributed by atoms with Gasteiger partial charge in [0, 0.05) is 25.3 Å². The van der Waals surface area contributed by atoms with Gasteiger partial charge in [-0.2, -0.15) is 0 Å². The minimum atomic E-state index is 0.752. The Bertz CT molecular complexity index is 570. The van der Waals surface area contributed by atoms with E-state index < -0.39 is 0 Å². The molecule has 0 saturated heterocycles. The molecule has 1 nitrogen and oxygen atoms in total. The van der Waals surface area contributed by atoms with Crippen LogP contribution in [0.1, 0.15) is 11.1 Å². The molecule has 0 amide bonds. The Morgan fingerprint density at radius 1 is 1.28 bits per heavy atom. The average Bonchev–Trinajstić information content (AvgIpc) is 2.35. The Labute approximate surface area is 134 Å². The van der Waals surface area contributed by atoms with Crippen LogP contribution in [0.5, 0.6) is 0 Å². The van der Waals surface area contributed by atoms with E-state index in [-0.39, 0.29) is 0 Å². The van der Waals surface area contributed by atoms with Gasteiger partial charge < -0.3 is 5.32 Å². The Morgan fingerprint density at radius 2 is 2.06 bits per heavy atom. The minimum absolute atomic E-state index is 0.752. The third kappa shape index (κ3) is 3.39. The van der Waals surface area contributed by atoms with Crippen LogP contribution in [0.25, 0.3) is 0 Å². The van der Waals surface area contributed by atoms with E-state index in [9.17, 15) is 0 Å². The fraction of sp³-hybridized carbons (Fsp3) is 0.143. The SMILES string of the molecule is Cc1c(I)cccc1NCc1cc(Cl)ccc1Br. The molecule has 0 spiro atoms. The number of anilines is 1. The van der Waals surface area contributed by atoms with E-state index in [4.69, 9.17) is 11.6 Å². The number of benzene rings is 2. The van der Waals surface area contributed by atoms with Crippen LogP contribution in [0, 0.1) is 10.5 Å². The number of rotatable bonds is 3. The zero-order valence-corrected chi connectivity index (χ0v) is 14.3. The first-order valence-corrected chi connectivity index (χ1v) is 7.76. The zero-order chi connectivity index (χ0) is 13.1. The molecule has 1 N–H and O–H groups in total. The molecule has 0 aromatic heterocycles. The van der Waals surface area contributed by atoms with Crippen molar-refractivity contribution in [2.45, 2.75) is 13.5 Å². The molecule has 4 heteroatoms. The van der Waals surface area contributed by atoms with Gasteiger partial charge in [0.15, 0.2) is 0 Å². The van der Waals surface area contributed by atoms with E-state index in [1.807, 2.05) is 18.2 Å². The maximum Gasteiger partial charge on any atom is 0.0412 e. The monoisotopic (exact) mass is 435 g/mol. The van der Waals surface area contributed by atoms with Crippen LogP contribution in [0.4, 0.5) is 5.69 Å². The molecule has 0 atom stereocenters. The molecule has 0 unspecified atom stereocenters. The molecule has 0 aliphatic carbocycles. The van der Waals surface area contributed by atoms with Gasteiger partial charge in [-0.05, 0) is 71.0 Å². The lowest BCUT2D eigenvalue weighted by Gasteiger charge is -2.12. The van der Waals surface area contributed by atoms with Gasteiger partial charge in [0.25, 0.3) is 0 Å². The van der Waals surface area contributed by atoms with Crippen LogP contribution in [0.15, 0.2) is 40.9 Å². The topological polar surface area (TPSA) is 12.0 Å². The van der Waals surface area contributed by atoms with Crippen molar-refractivity contribution in [3.8, 4) is 0 Å². The van der Waals surface area contributed by atoms with E-state index in [2.05, 4.69) is 69.0 Å². The van der Waals surface area contributed by atoms with Crippen LogP contribution in [-0.4, -0.2) is 0 Å². The second kappa shape index (κ2) is 6.26. The molecule has 18 heavy (non-hydrogen) atoms. The molecule has 0 bridgehead atoms. The van der Waals surface area contributed by atoms with E-state index in [1.165, 1.54) is 9.13 Å². The predicted molar refractivity (Wildman–Crippen MR) is 90.4 cm³/mol. The molecule has 0 saturated carbocycles. The van der Waals surface area contributed by atoms with Gasteiger partial charge in [0.2, 0.25) is 0 Å². The smallest absolute Gasteiger partial charge is 0.0412 e. The summed E-state index contributed by atoms with van der Waals surface area (Å²) in [7, 11) is 0. The number of hydrogen-bond donors (Lipinski definition) is 1. The molecule has 0 radical (unpaired) electrons. The fourth-order valence-electron chi connectivity index (χ4n) is 1.67. The molecule has 0 fully saturated rings. The van der Waals surface area contributed by atoms with Crippen LogP contribution < -0.4 is 5.32 Å². The maximum atomic E-state index is 6.01. The first-order valence-electron chi connectivity index (χ1n) is 5.51. The lowest BCUT2D eigenvalue weighted by Crippen LogP contribution is -2.02. The van der Waals surface area contributed by atoms with E-state index in [1.54, 1.807) is 0 Å². The largest absolute Gasteiger partial charge is 0.381 e. The Balaban J connectivity index is 2.16. The number of nitrogens with one attached hydrogen (secondary N) is 1. The van der Waals surface area contributed by atoms with Gasteiger partial charge in [0.1, 0.15) is 0 Å². The van der Waals surface area contributed by atoms with Crippen LogP contribution in [0.2, 0.25) is 5.02 Å². The standard InChI is InChI=1S/C14H12BrClIN/c1-9-13(17)3-2-4-14(9)18-8-10-7-11(16)5-6-12(10)15/h2-7,18H,8H2,1H3. The normalized spacial score (nSPS) is 10.4. The van der Waals surface area contributed by atoms with Crippen molar-refractivity contribution in [1.29, 1.82) is 0 Å². The third-order valence-corrected chi connectivity index (χ3v) is 4.92. The third-order valence-electron chi connectivity index (χ3n) is 2.74. The van der Waals surface area contributed by atoms with Crippen molar-refractivity contribution in [3.63, 3.8) is 0 Å². The van der Waals surface area contributed by atoms with Gasteiger partial charge >= 0.3 is 0 Å². The van der Waals surface area contributed by atoms with Crippen molar-refractivity contribution in [3.05, 3.63) is 60.6 Å². The highest BCUT2D eigenvalue weighted by molar-refractivity contribution is 14.1. The highest BCUT2D eigenvalue weighted by Gasteiger charge is 2.04. The summed E-state index contributed by atoms with van der Waals surface area (Å²) in [6.45, 7) is 2.87. The molecule has 0 aliphatic heterocycles. The molecule has 2 rings (SSSR count). The first kappa shape index (κ1) is 14.2. The second-order valence-electron chi connectivity index (χ2n) is 4.00. The molecular weight excluding hydrogens is 424 g/mol. The molecule has 0 aliphatic rings. The van der Waals surface area contributed by atoms with Gasteiger partial charge in [0.05, 0.1) is 0 Å². The fourth-order valence-corrected chi connectivity index (χ4v) is 2.75. The lowest BCUT2D eigenvalue weighted by atomic mass is 10.2. The summed E-state index contributed by atoms with van der Waals surface area (Å²) in [5.74, 6) is 0. The quantitative estimate of drug-likeness (QED) is 0.615. The Morgan fingerprint density at radius 3 is 2.83 bits per heavy atom. The van der Waals surface area contributed by atoms with Gasteiger partial charge in [-0.3, -0.25) is 0 Å². The zero-order valence-electron chi connectivity index (χ0n) is 9.81. The van der Waals surface area contributed by atoms with Gasteiger partial charge in [-0.25, -0.2) is 0 Å². The molecular formula is C14H12BrClIN. The average molecular weight is 437 g/mol. The summed E-state index contributed by atoms with van der Waals surface area (Å²) >= 11 is 11.9. The minimum Gasteiger partial charge on any atom is -0.381 e. The van der Waals surface area contributed by atoms with Crippen molar-refractivity contribution in [2.24, 2.45) is 0 Å². The summed E-state index contributed by atoms with van der Waals surface area (Å²) in [5, 5.41) is 4.20. The van der Waals surface area contributed by atoms with E-state index >= 15 is 0 Å².